The lowest BCUT2D eigenvalue weighted by molar-refractivity contribution is 0.113. The number of H-pyrrole nitrogens is 1. The monoisotopic (exact) mass is 293 g/mol. The molecule has 1 aromatic heterocycles. The van der Waals surface area contributed by atoms with Gasteiger partial charge < -0.3 is 20.1 Å². The molecular weight excluding hydrogens is 266 g/mol. The van der Waals surface area contributed by atoms with Gasteiger partial charge in [0.1, 0.15) is 5.82 Å². The molecular formula is C15H27N5O. The van der Waals surface area contributed by atoms with Gasteiger partial charge in [-0.3, -0.25) is 4.79 Å². The van der Waals surface area contributed by atoms with Crippen LogP contribution in [-0.4, -0.2) is 66.1 Å². The van der Waals surface area contributed by atoms with Gasteiger partial charge in [-0.05, 0) is 27.1 Å². The fourth-order valence-corrected chi connectivity index (χ4v) is 2.69. The van der Waals surface area contributed by atoms with Crippen LogP contribution in [0.2, 0.25) is 0 Å². The maximum atomic E-state index is 11.8. The van der Waals surface area contributed by atoms with Gasteiger partial charge in [-0.2, -0.15) is 0 Å². The van der Waals surface area contributed by atoms with E-state index in [1.807, 2.05) is 0 Å². The molecule has 6 heteroatoms. The number of aromatic amines is 1. The zero-order valence-corrected chi connectivity index (χ0v) is 13.4. The molecule has 0 radical (unpaired) electrons. The van der Waals surface area contributed by atoms with Crippen molar-refractivity contribution in [3.05, 3.63) is 27.9 Å². The zero-order chi connectivity index (χ0) is 15.2. The van der Waals surface area contributed by atoms with E-state index in [1.165, 1.54) is 0 Å². The third kappa shape index (κ3) is 4.91. The van der Waals surface area contributed by atoms with Crippen LogP contribution in [0.15, 0.2) is 10.9 Å². The standard InChI is InChI=1S/C15H27N5O/c1-4-5-16-10-12-8-15(21)18-14(17-12)9-13-11-19(2)6-7-20(13)3/h8,13,16H,4-7,9-11H2,1-3H3,(H,17,18,21). The van der Waals surface area contributed by atoms with Crippen LogP contribution >= 0.6 is 0 Å². The molecule has 0 aliphatic carbocycles. The number of aromatic nitrogens is 2. The first kappa shape index (κ1) is 16.1. The summed E-state index contributed by atoms with van der Waals surface area (Å²) >= 11 is 0. The van der Waals surface area contributed by atoms with E-state index >= 15 is 0 Å². The van der Waals surface area contributed by atoms with Crippen molar-refractivity contribution in [3.63, 3.8) is 0 Å². The van der Waals surface area contributed by atoms with Gasteiger partial charge in [-0.15, -0.1) is 0 Å². The topological polar surface area (TPSA) is 64.3 Å². The number of piperazine rings is 1. The molecule has 1 aliphatic rings. The second-order valence-electron chi connectivity index (χ2n) is 5.96. The van der Waals surface area contributed by atoms with Gasteiger partial charge in [-0.1, -0.05) is 6.92 Å². The van der Waals surface area contributed by atoms with Crippen LogP contribution in [0.3, 0.4) is 0 Å². The van der Waals surface area contributed by atoms with Gasteiger partial charge in [0.25, 0.3) is 5.56 Å². The van der Waals surface area contributed by atoms with E-state index in [2.05, 4.69) is 46.1 Å². The van der Waals surface area contributed by atoms with Gasteiger partial charge in [0.05, 0.1) is 5.69 Å². The third-order valence-corrected chi connectivity index (χ3v) is 3.99. The largest absolute Gasteiger partial charge is 0.311 e. The molecule has 0 spiro atoms. The smallest absolute Gasteiger partial charge is 0.251 e. The summed E-state index contributed by atoms with van der Waals surface area (Å²) in [5, 5.41) is 3.29. The summed E-state index contributed by atoms with van der Waals surface area (Å²) in [6, 6.07) is 1.99. The highest BCUT2D eigenvalue weighted by molar-refractivity contribution is 5.04. The molecule has 6 nitrogen and oxygen atoms in total. The Labute approximate surface area is 126 Å². The summed E-state index contributed by atoms with van der Waals surface area (Å²) in [5.41, 5.74) is 0.772. The normalized spacial score (nSPS) is 20.8. The molecule has 118 valence electrons. The van der Waals surface area contributed by atoms with Crippen LogP contribution in [-0.2, 0) is 13.0 Å². The summed E-state index contributed by atoms with van der Waals surface area (Å²) in [4.78, 5) is 23.9. The van der Waals surface area contributed by atoms with E-state index in [0.29, 0.717) is 12.6 Å². The van der Waals surface area contributed by atoms with Crippen molar-refractivity contribution in [1.82, 2.24) is 25.1 Å². The lowest BCUT2D eigenvalue weighted by atomic mass is 10.1. The van der Waals surface area contributed by atoms with Crippen LogP contribution in [0.4, 0.5) is 0 Å². The number of hydrogen-bond acceptors (Lipinski definition) is 5. The molecule has 1 fully saturated rings. The highest BCUT2D eigenvalue weighted by atomic mass is 16.1. The quantitative estimate of drug-likeness (QED) is 0.726. The van der Waals surface area contributed by atoms with E-state index in [9.17, 15) is 4.79 Å². The Hall–Kier alpha value is -1.24. The number of nitrogens with one attached hydrogen (secondary N) is 2. The van der Waals surface area contributed by atoms with Crippen molar-refractivity contribution in [3.8, 4) is 0 Å². The summed E-state index contributed by atoms with van der Waals surface area (Å²) in [7, 11) is 4.28. The van der Waals surface area contributed by atoms with Crippen molar-refractivity contribution in [2.24, 2.45) is 0 Å². The molecule has 0 amide bonds. The maximum Gasteiger partial charge on any atom is 0.251 e. The maximum absolute atomic E-state index is 11.8. The van der Waals surface area contributed by atoms with E-state index in [4.69, 9.17) is 0 Å². The summed E-state index contributed by atoms with van der Waals surface area (Å²) in [6.07, 6.45) is 1.87. The second kappa shape index (κ2) is 7.68. The Morgan fingerprint density at radius 1 is 1.43 bits per heavy atom. The summed E-state index contributed by atoms with van der Waals surface area (Å²) in [6.45, 7) is 6.89. The van der Waals surface area contributed by atoms with E-state index in [-0.39, 0.29) is 5.56 Å². The van der Waals surface area contributed by atoms with Crippen LogP contribution in [0.25, 0.3) is 0 Å². The Morgan fingerprint density at radius 2 is 2.24 bits per heavy atom. The minimum atomic E-state index is -0.0554. The highest BCUT2D eigenvalue weighted by Crippen LogP contribution is 2.09. The van der Waals surface area contributed by atoms with Crippen molar-refractivity contribution in [2.75, 3.05) is 40.3 Å². The SMILES string of the molecule is CCCNCc1cc(=O)[nH]c(CC2CN(C)CCN2C)n1. The molecule has 2 N–H and O–H groups in total. The molecule has 1 atom stereocenters. The van der Waals surface area contributed by atoms with Gasteiger partial charge >= 0.3 is 0 Å². The average Bonchev–Trinajstić information content (AvgIpc) is 2.43. The van der Waals surface area contributed by atoms with E-state index in [1.54, 1.807) is 6.07 Å². The lowest BCUT2D eigenvalue weighted by Crippen LogP contribution is -2.51. The molecule has 21 heavy (non-hydrogen) atoms. The van der Waals surface area contributed by atoms with Gasteiger partial charge in [-0.25, -0.2) is 4.98 Å². The molecule has 1 aliphatic heterocycles. The average molecular weight is 293 g/mol. The van der Waals surface area contributed by atoms with Crippen LogP contribution < -0.4 is 10.9 Å². The summed E-state index contributed by atoms with van der Waals surface area (Å²) in [5.74, 6) is 0.794. The second-order valence-corrected chi connectivity index (χ2v) is 5.96. The predicted octanol–water partition coefficient (Wildman–Crippen LogP) is 0.0578. The lowest BCUT2D eigenvalue weighted by Gasteiger charge is -2.37. The molecule has 2 rings (SSSR count). The molecule has 1 unspecified atom stereocenters. The van der Waals surface area contributed by atoms with Gasteiger partial charge in [0, 0.05) is 44.7 Å². The molecule has 1 saturated heterocycles. The van der Waals surface area contributed by atoms with Crippen molar-refractivity contribution in [2.45, 2.75) is 32.4 Å². The van der Waals surface area contributed by atoms with Gasteiger partial charge in [0.15, 0.2) is 0 Å². The molecule has 0 aromatic carbocycles. The first-order valence-corrected chi connectivity index (χ1v) is 7.77. The van der Waals surface area contributed by atoms with E-state index in [0.717, 1.165) is 50.5 Å². The number of hydrogen-bond donors (Lipinski definition) is 2. The zero-order valence-electron chi connectivity index (χ0n) is 13.4. The highest BCUT2D eigenvalue weighted by Gasteiger charge is 2.23. The number of rotatable bonds is 6. The predicted molar refractivity (Wildman–Crippen MR) is 84.5 cm³/mol. The van der Waals surface area contributed by atoms with Crippen LogP contribution in [0.5, 0.6) is 0 Å². The molecule has 1 aromatic rings. The summed E-state index contributed by atoms with van der Waals surface area (Å²) < 4.78 is 0. The first-order chi connectivity index (χ1) is 10.1. The molecule has 2 heterocycles. The fourth-order valence-electron chi connectivity index (χ4n) is 2.69. The van der Waals surface area contributed by atoms with Crippen molar-refractivity contribution >= 4 is 0 Å². The Kier molecular flexibility index (Phi) is 5.90. The van der Waals surface area contributed by atoms with Gasteiger partial charge in [0.2, 0.25) is 0 Å². The minimum Gasteiger partial charge on any atom is -0.311 e. The Morgan fingerprint density at radius 3 is 3.00 bits per heavy atom. The Bertz CT molecular complexity index is 501. The van der Waals surface area contributed by atoms with Crippen molar-refractivity contribution < 1.29 is 0 Å². The fraction of sp³-hybridized carbons (Fsp3) is 0.733. The first-order valence-electron chi connectivity index (χ1n) is 7.77. The number of likely N-dealkylation sites (N-methyl/N-ethyl adjacent to an activating group) is 2. The molecule has 0 saturated carbocycles. The molecule has 0 bridgehead atoms. The Balaban J connectivity index is 2.03. The van der Waals surface area contributed by atoms with E-state index < -0.39 is 0 Å². The minimum absolute atomic E-state index is 0.0554. The van der Waals surface area contributed by atoms with Crippen LogP contribution in [0, 0.1) is 0 Å². The van der Waals surface area contributed by atoms with Crippen molar-refractivity contribution in [1.29, 1.82) is 0 Å². The number of nitrogens with zero attached hydrogens (tertiary/aromatic N) is 3. The third-order valence-electron chi connectivity index (χ3n) is 3.99. The van der Waals surface area contributed by atoms with Crippen LogP contribution in [0.1, 0.15) is 24.9 Å².